The van der Waals surface area contributed by atoms with E-state index in [4.69, 9.17) is 4.98 Å². The van der Waals surface area contributed by atoms with E-state index in [2.05, 4.69) is 65.3 Å². The quantitative estimate of drug-likeness (QED) is 0.161. The van der Waals surface area contributed by atoms with Gasteiger partial charge in [-0.3, -0.25) is 14.7 Å². The van der Waals surface area contributed by atoms with Gasteiger partial charge in [-0.05, 0) is 117 Å². The number of rotatable bonds is 8. The van der Waals surface area contributed by atoms with Crippen LogP contribution in [-0.4, -0.2) is 41.6 Å². The number of aromatic nitrogens is 1. The molecule has 1 atom stereocenters. The monoisotopic (exact) mass is 597 g/mol. The summed E-state index contributed by atoms with van der Waals surface area (Å²) >= 11 is 0. The summed E-state index contributed by atoms with van der Waals surface area (Å²) in [4.78, 5) is 31.4. The van der Waals surface area contributed by atoms with Gasteiger partial charge >= 0.3 is 0 Å². The number of nitrogens with zero attached hydrogens (tertiary/aromatic N) is 2. The Bertz CT molecular complexity index is 1660. The second-order valence-corrected chi connectivity index (χ2v) is 13.7. The average Bonchev–Trinajstić information content (AvgIpc) is 3.09. The maximum atomic E-state index is 13.0. The van der Waals surface area contributed by atoms with Gasteiger partial charge in [-0.1, -0.05) is 48.9 Å². The molecule has 2 aliphatic heterocycles. The number of hydrogen-bond acceptors (Lipinski definition) is 5. The average molecular weight is 598 g/mol. The van der Waals surface area contributed by atoms with Crippen molar-refractivity contribution in [3.05, 3.63) is 100 Å². The molecule has 5 nitrogen and oxygen atoms in total. The standard InChI is InChI=1S/C40H43N3O2/c1-27-21-39-37(36(14-18-42-39)33-12-13-38-34(23-33)3-2-17-41-38)24-35(27)25-43-19-15-31(16-20-43)30-8-10-32(11-9-30)40(45)22-28-4-6-29(26-44)7-5-28/h3,8-14,17-18,23-24,26-29,31,41H,4-7,15-16,19-22,25H2,1H3/t27-,28?,29?/m0/s1. The highest BCUT2D eigenvalue weighted by Crippen LogP contribution is 2.37. The number of aldehydes is 1. The first-order chi connectivity index (χ1) is 22.0. The molecule has 4 aliphatic rings. The number of benzene rings is 2. The number of ketones is 1. The van der Waals surface area contributed by atoms with Crippen LogP contribution in [0.15, 0.2) is 72.2 Å². The van der Waals surface area contributed by atoms with E-state index in [0.29, 0.717) is 24.2 Å². The second-order valence-electron chi connectivity index (χ2n) is 13.7. The van der Waals surface area contributed by atoms with Crippen LogP contribution in [0, 0.1) is 17.8 Å². The number of carbonyl (C=O) groups is 2. The number of anilines is 1. The summed E-state index contributed by atoms with van der Waals surface area (Å²) in [5.41, 5.74) is 14.1. The molecule has 5 heteroatoms. The van der Waals surface area contributed by atoms with Crippen molar-refractivity contribution in [3.8, 4) is 11.1 Å². The summed E-state index contributed by atoms with van der Waals surface area (Å²) in [7, 11) is 0. The normalized spacial score (nSPS) is 23.0. The minimum atomic E-state index is 0.200. The van der Waals surface area contributed by atoms with Crippen molar-refractivity contribution in [3.63, 3.8) is 0 Å². The molecule has 3 aromatic rings. The highest BCUT2D eigenvalue weighted by Gasteiger charge is 2.27. The first-order valence-electron chi connectivity index (χ1n) is 16.8. The Morgan fingerprint density at radius 2 is 1.82 bits per heavy atom. The number of hydrogen-bond donors (Lipinski definition) is 1. The molecule has 0 bridgehead atoms. The SMILES string of the molecule is C[C@H]1Cc2nccc(-c3ccc4c(c3)C=C=CN4)c2C=C1CN1CCC(c2ccc(C(=O)CC3CCC(C=O)CC3)cc2)CC1. The summed E-state index contributed by atoms with van der Waals surface area (Å²) in [6, 6.07) is 17.2. The van der Waals surface area contributed by atoms with E-state index in [0.717, 1.165) is 87.7 Å². The lowest BCUT2D eigenvalue weighted by Crippen LogP contribution is -2.35. The van der Waals surface area contributed by atoms with Crippen LogP contribution in [0.4, 0.5) is 5.69 Å². The Morgan fingerprint density at radius 1 is 1.02 bits per heavy atom. The van der Waals surface area contributed by atoms with Gasteiger partial charge in [0.15, 0.2) is 5.78 Å². The van der Waals surface area contributed by atoms with Crippen LogP contribution in [0.1, 0.15) is 90.5 Å². The first kappa shape index (κ1) is 29.6. The van der Waals surface area contributed by atoms with Gasteiger partial charge in [0.05, 0.1) is 0 Å². The van der Waals surface area contributed by atoms with Gasteiger partial charge in [0, 0.05) is 59.4 Å². The van der Waals surface area contributed by atoms with Crippen molar-refractivity contribution >= 4 is 29.9 Å². The van der Waals surface area contributed by atoms with Crippen molar-refractivity contribution < 1.29 is 9.59 Å². The molecule has 3 heterocycles. The summed E-state index contributed by atoms with van der Waals surface area (Å²) in [6.45, 7) is 5.52. The van der Waals surface area contributed by atoms with Crippen LogP contribution in [0.25, 0.3) is 23.3 Å². The number of carbonyl (C=O) groups excluding carboxylic acids is 2. The Kier molecular flexibility index (Phi) is 8.65. The molecule has 230 valence electrons. The third kappa shape index (κ3) is 6.52. The highest BCUT2D eigenvalue weighted by molar-refractivity contribution is 5.96. The Hall–Kier alpha value is -4.05. The van der Waals surface area contributed by atoms with Crippen LogP contribution < -0.4 is 5.32 Å². The van der Waals surface area contributed by atoms with Crippen molar-refractivity contribution in [1.29, 1.82) is 0 Å². The molecule has 1 aromatic heterocycles. The summed E-state index contributed by atoms with van der Waals surface area (Å²) in [5, 5.41) is 3.28. The maximum Gasteiger partial charge on any atom is 0.163 e. The van der Waals surface area contributed by atoms with Gasteiger partial charge in [-0.25, -0.2) is 0 Å². The largest absolute Gasteiger partial charge is 0.355 e. The lowest BCUT2D eigenvalue weighted by Gasteiger charge is -2.35. The molecule has 2 aliphatic carbocycles. The summed E-state index contributed by atoms with van der Waals surface area (Å²) in [6.07, 6.45) is 17.1. The molecule has 45 heavy (non-hydrogen) atoms. The van der Waals surface area contributed by atoms with Crippen LogP contribution in [-0.2, 0) is 11.2 Å². The van der Waals surface area contributed by atoms with Crippen molar-refractivity contribution in [2.24, 2.45) is 17.8 Å². The van der Waals surface area contributed by atoms with E-state index in [1.807, 2.05) is 30.6 Å². The van der Waals surface area contributed by atoms with Gasteiger partial charge < -0.3 is 10.1 Å². The fourth-order valence-electron chi connectivity index (χ4n) is 7.81. The molecule has 1 N–H and O–H groups in total. The molecule has 0 amide bonds. The first-order valence-corrected chi connectivity index (χ1v) is 16.8. The summed E-state index contributed by atoms with van der Waals surface area (Å²) in [5.74, 6) is 1.89. The van der Waals surface area contributed by atoms with E-state index in [-0.39, 0.29) is 11.7 Å². The van der Waals surface area contributed by atoms with E-state index in [9.17, 15) is 9.59 Å². The van der Waals surface area contributed by atoms with Crippen LogP contribution in [0.2, 0.25) is 0 Å². The van der Waals surface area contributed by atoms with E-state index < -0.39 is 0 Å². The van der Waals surface area contributed by atoms with E-state index in [1.54, 1.807) is 0 Å². The van der Waals surface area contributed by atoms with Crippen LogP contribution >= 0.6 is 0 Å². The van der Waals surface area contributed by atoms with Gasteiger partial charge in [0.2, 0.25) is 0 Å². The molecular weight excluding hydrogens is 554 g/mol. The fourth-order valence-corrected chi connectivity index (χ4v) is 7.81. The zero-order valence-corrected chi connectivity index (χ0v) is 26.3. The molecule has 0 radical (unpaired) electrons. The third-order valence-electron chi connectivity index (χ3n) is 10.7. The topological polar surface area (TPSA) is 62.3 Å². The van der Waals surface area contributed by atoms with E-state index >= 15 is 0 Å². The lowest BCUT2D eigenvalue weighted by atomic mass is 9.79. The molecule has 7 rings (SSSR count). The van der Waals surface area contributed by atoms with Gasteiger partial charge in [0.25, 0.3) is 0 Å². The molecule has 0 spiro atoms. The van der Waals surface area contributed by atoms with Crippen molar-refractivity contribution in [2.45, 2.75) is 64.2 Å². The minimum Gasteiger partial charge on any atom is -0.355 e. The zero-order chi connectivity index (χ0) is 30.8. The smallest absolute Gasteiger partial charge is 0.163 e. The van der Waals surface area contributed by atoms with Gasteiger partial charge in [-0.15, -0.1) is 5.73 Å². The Labute approximate surface area is 267 Å². The third-order valence-corrected chi connectivity index (χ3v) is 10.7. The highest BCUT2D eigenvalue weighted by atomic mass is 16.1. The molecule has 0 unspecified atom stereocenters. The zero-order valence-electron chi connectivity index (χ0n) is 26.3. The Morgan fingerprint density at radius 3 is 2.60 bits per heavy atom. The fraction of sp³-hybridized carbons (Fsp3) is 0.400. The number of pyridine rings is 1. The molecule has 1 saturated heterocycles. The number of fused-ring (bicyclic) bond motifs is 2. The maximum absolute atomic E-state index is 13.0. The molecule has 2 fully saturated rings. The van der Waals surface area contributed by atoms with Crippen LogP contribution in [0.5, 0.6) is 0 Å². The number of likely N-dealkylation sites (tertiary alicyclic amines) is 1. The van der Waals surface area contributed by atoms with Gasteiger partial charge in [0.1, 0.15) is 6.29 Å². The van der Waals surface area contributed by atoms with Crippen molar-refractivity contribution in [1.82, 2.24) is 9.88 Å². The van der Waals surface area contributed by atoms with Crippen LogP contribution in [0.3, 0.4) is 0 Å². The molecular formula is C40H43N3O2. The number of piperidine rings is 1. The molecule has 2 aromatic carbocycles. The van der Waals surface area contributed by atoms with E-state index in [1.165, 1.54) is 33.5 Å². The predicted octanol–water partition coefficient (Wildman–Crippen LogP) is 8.33. The number of Topliss-reactive ketones (excluding diaryl/α,β-unsaturated/α-hetero) is 1. The summed E-state index contributed by atoms with van der Waals surface area (Å²) < 4.78 is 0. The second kappa shape index (κ2) is 13.1. The molecule has 1 saturated carbocycles. The minimum absolute atomic E-state index is 0.200. The number of nitrogens with one attached hydrogen (secondary N) is 1. The Balaban J connectivity index is 0.973. The lowest BCUT2D eigenvalue weighted by molar-refractivity contribution is -0.112. The van der Waals surface area contributed by atoms with Gasteiger partial charge in [-0.2, -0.15) is 0 Å². The van der Waals surface area contributed by atoms with Crippen molar-refractivity contribution in [2.75, 3.05) is 25.0 Å². The predicted molar refractivity (Wildman–Crippen MR) is 182 cm³/mol.